The minimum atomic E-state index is -0.762. The van der Waals surface area contributed by atoms with Crippen molar-refractivity contribution in [2.45, 2.75) is 361 Å². The van der Waals surface area contributed by atoms with Gasteiger partial charge in [0.15, 0.2) is 6.10 Å². The second kappa shape index (κ2) is 58.7. The summed E-state index contributed by atoms with van der Waals surface area (Å²) in [5.74, 6) is -0.840. The maximum atomic E-state index is 12.8. The van der Waals surface area contributed by atoms with E-state index in [9.17, 15) is 14.4 Å². The van der Waals surface area contributed by atoms with Crippen LogP contribution >= 0.6 is 0 Å². The van der Waals surface area contributed by atoms with E-state index in [0.717, 1.165) is 57.8 Å². The Labute approximate surface area is 431 Å². The molecule has 0 bridgehead atoms. The van der Waals surface area contributed by atoms with Crippen LogP contribution in [0.5, 0.6) is 0 Å². The van der Waals surface area contributed by atoms with Crippen LogP contribution in [-0.4, -0.2) is 37.2 Å². The first-order valence-corrected chi connectivity index (χ1v) is 31.2. The Morgan fingerprint density at radius 2 is 0.478 bits per heavy atom. The van der Waals surface area contributed by atoms with E-state index in [1.54, 1.807) is 0 Å². The molecular weight excluding hydrogens is 853 g/mol. The van der Waals surface area contributed by atoms with Gasteiger partial charge >= 0.3 is 17.9 Å². The SMILES string of the molecule is CCCCCCCCCC/C=C\CCCCCCCCCCCCCCCCCCCC(=O)OCC(COC(=O)CCCCCCCCCCCCC)OC(=O)CCCCCCCCCCCCC. The highest BCUT2D eigenvalue weighted by atomic mass is 16.6. The first kappa shape index (κ1) is 67.1. The molecule has 0 aromatic rings. The smallest absolute Gasteiger partial charge is 0.306 e. The van der Waals surface area contributed by atoms with Crippen molar-refractivity contribution >= 4 is 17.9 Å². The predicted octanol–water partition coefficient (Wildman–Crippen LogP) is 20.9. The molecule has 0 N–H and O–H groups in total. The molecule has 0 rings (SSSR count). The average Bonchev–Trinajstić information content (AvgIpc) is 3.35. The Kier molecular flexibility index (Phi) is 57.1. The lowest BCUT2D eigenvalue weighted by molar-refractivity contribution is -0.167. The Bertz CT molecular complexity index is 1070. The lowest BCUT2D eigenvalue weighted by Crippen LogP contribution is -2.30. The number of unbranched alkanes of at least 4 members (excludes halogenated alkanes) is 45. The molecule has 0 aliphatic carbocycles. The Balaban J connectivity index is 4.03. The minimum Gasteiger partial charge on any atom is -0.462 e. The van der Waals surface area contributed by atoms with Gasteiger partial charge in [0.25, 0.3) is 0 Å². The molecular formula is C63H120O6. The van der Waals surface area contributed by atoms with Crippen LogP contribution in [0.2, 0.25) is 0 Å². The third kappa shape index (κ3) is 56.9. The number of carbonyl (C=O) groups is 3. The van der Waals surface area contributed by atoms with Crippen LogP contribution in [0.4, 0.5) is 0 Å². The summed E-state index contributed by atoms with van der Waals surface area (Å²) in [6.45, 7) is 6.68. The number of rotatable bonds is 58. The molecule has 0 saturated carbocycles. The molecule has 408 valence electrons. The second-order valence-electron chi connectivity index (χ2n) is 21.3. The number of allylic oxidation sites excluding steroid dienone is 2. The third-order valence-corrected chi connectivity index (χ3v) is 14.3. The molecule has 1 atom stereocenters. The fourth-order valence-corrected chi connectivity index (χ4v) is 9.56. The van der Waals surface area contributed by atoms with Gasteiger partial charge in [-0.25, -0.2) is 0 Å². The highest BCUT2D eigenvalue weighted by Gasteiger charge is 2.19. The van der Waals surface area contributed by atoms with E-state index in [2.05, 4.69) is 32.9 Å². The molecule has 0 heterocycles. The zero-order valence-electron chi connectivity index (χ0n) is 46.9. The van der Waals surface area contributed by atoms with Crippen molar-refractivity contribution in [3.05, 3.63) is 12.2 Å². The summed E-state index contributed by atoms with van der Waals surface area (Å²) in [6.07, 6.45) is 68.1. The van der Waals surface area contributed by atoms with E-state index >= 15 is 0 Å². The third-order valence-electron chi connectivity index (χ3n) is 14.3. The normalized spacial score (nSPS) is 12.0. The zero-order chi connectivity index (χ0) is 50.0. The lowest BCUT2D eigenvalue weighted by Gasteiger charge is -2.18. The van der Waals surface area contributed by atoms with Gasteiger partial charge in [-0.05, 0) is 44.9 Å². The Morgan fingerprint density at radius 3 is 0.725 bits per heavy atom. The van der Waals surface area contributed by atoms with Crippen LogP contribution in [-0.2, 0) is 28.6 Å². The predicted molar refractivity (Wildman–Crippen MR) is 298 cm³/mol. The van der Waals surface area contributed by atoms with Crippen molar-refractivity contribution in [1.82, 2.24) is 0 Å². The van der Waals surface area contributed by atoms with Crippen molar-refractivity contribution in [2.24, 2.45) is 0 Å². The molecule has 6 nitrogen and oxygen atoms in total. The van der Waals surface area contributed by atoms with Gasteiger partial charge in [0.05, 0.1) is 0 Å². The van der Waals surface area contributed by atoms with Crippen molar-refractivity contribution in [3.8, 4) is 0 Å². The van der Waals surface area contributed by atoms with Crippen LogP contribution in [0.1, 0.15) is 355 Å². The summed E-state index contributed by atoms with van der Waals surface area (Å²) in [7, 11) is 0. The van der Waals surface area contributed by atoms with Gasteiger partial charge in [-0.2, -0.15) is 0 Å². The average molecular weight is 974 g/mol. The fourth-order valence-electron chi connectivity index (χ4n) is 9.56. The van der Waals surface area contributed by atoms with E-state index < -0.39 is 6.10 Å². The molecule has 0 amide bonds. The van der Waals surface area contributed by atoms with E-state index in [0.29, 0.717) is 19.3 Å². The first-order valence-electron chi connectivity index (χ1n) is 31.2. The zero-order valence-corrected chi connectivity index (χ0v) is 46.9. The van der Waals surface area contributed by atoms with Crippen molar-refractivity contribution < 1.29 is 28.6 Å². The highest BCUT2D eigenvalue weighted by molar-refractivity contribution is 5.71. The van der Waals surface area contributed by atoms with Crippen molar-refractivity contribution in [3.63, 3.8) is 0 Å². The lowest BCUT2D eigenvalue weighted by atomic mass is 10.0. The summed E-state index contributed by atoms with van der Waals surface area (Å²) < 4.78 is 16.9. The topological polar surface area (TPSA) is 78.9 Å². The van der Waals surface area contributed by atoms with Gasteiger partial charge < -0.3 is 14.2 Å². The molecule has 0 spiro atoms. The maximum Gasteiger partial charge on any atom is 0.306 e. The molecule has 1 unspecified atom stereocenters. The summed E-state index contributed by atoms with van der Waals surface area (Å²) in [6, 6.07) is 0. The largest absolute Gasteiger partial charge is 0.462 e. The van der Waals surface area contributed by atoms with Crippen molar-refractivity contribution in [1.29, 1.82) is 0 Å². The summed E-state index contributed by atoms with van der Waals surface area (Å²) in [5, 5.41) is 0. The van der Waals surface area contributed by atoms with Gasteiger partial charge in [-0.15, -0.1) is 0 Å². The molecule has 0 aliphatic heterocycles. The monoisotopic (exact) mass is 973 g/mol. The van der Waals surface area contributed by atoms with Gasteiger partial charge in [0, 0.05) is 19.3 Å². The summed E-state index contributed by atoms with van der Waals surface area (Å²) >= 11 is 0. The van der Waals surface area contributed by atoms with Gasteiger partial charge in [-0.1, -0.05) is 303 Å². The summed E-state index contributed by atoms with van der Waals surface area (Å²) in [5.41, 5.74) is 0. The standard InChI is InChI=1S/C63H120O6/c1-4-7-10-13-16-19-22-23-24-25-26-27-28-29-30-31-32-33-34-35-36-37-38-39-42-44-47-50-53-56-62(65)68-59-60(69-63(66)57-54-51-48-45-41-21-18-15-12-9-6-3)58-67-61(64)55-52-49-46-43-40-20-17-14-11-8-5-2/h25-26,60H,4-24,27-59H2,1-3H3/b26-25-. The second-order valence-corrected chi connectivity index (χ2v) is 21.3. The molecule has 0 fully saturated rings. The van der Waals surface area contributed by atoms with Gasteiger partial charge in [0.2, 0.25) is 0 Å². The molecule has 0 aliphatic rings. The minimum absolute atomic E-state index is 0.0632. The van der Waals surface area contributed by atoms with Crippen LogP contribution < -0.4 is 0 Å². The molecule has 0 aromatic heterocycles. The van der Waals surface area contributed by atoms with Crippen LogP contribution in [0.15, 0.2) is 12.2 Å². The number of carbonyl (C=O) groups excluding carboxylic acids is 3. The number of hydrogen-bond acceptors (Lipinski definition) is 6. The molecule has 69 heavy (non-hydrogen) atoms. The van der Waals surface area contributed by atoms with Crippen LogP contribution in [0.3, 0.4) is 0 Å². The number of ether oxygens (including phenoxy) is 3. The van der Waals surface area contributed by atoms with Crippen LogP contribution in [0, 0.1) is 0 Å². The molecule has 0 saturated heterocycles. The van der Waals surface area contributed by atoms with Gasteiger partial charge in [0.1, 0.15) is 13.2 Å². The number of hydrogen-bond donors (Lipinski definition) is 0. The van der Waals surface area contributed by atoms with E-state index in [1.165, 1.54) is 257 Å². The van der Waals surface area contributed by atoms with E-state index in [4.69, 9.17) is 14.2 Å². The van der Waals surface area contributed by atoms with Crippen LogP contribution in [0.25, 0.3) is 0 Å². The summed E-state index contributed by atoms with van der Waals surface area (Å²) in [4.78, 5) is 38.0. The van der Waals surface area contributed by atoms with E-state index in [-0.39, 0.29) is 31.1 Å². The quantitative estimate of drug-likeness (QED) is 0.0261. The molecule has 0 aromatic carbocycles. The Hall–Kier alpha value is -1.85. The van der Waals surface area contributed by atoms with Crippen molar-refractivity contribution in [2.75, 3.05) is 13.2 Å². The number of esters is 3. The molecule has 0 radical (unpaired) electrons. The Morgan fingerprint density at radius 1 is 0.275 bits per heavy atom. The maximum absolute atomic E-state index is 12.8. The molecule has 6 heteroatoms. The van der Waals surface area contributed by atoms with Gasteiger partial charge in [-0.3, -0.25) is 14.4 Å². The van der Waals surface area contributed by atoms with E-state index in [1.807, 2.05) is 0 Å². The fraction of sp³-hybridized carbons (Fsp3) is 0.921. The first-order chi connectivity index (χ1) is 34.0. The highest BCUT2D eigenvalue weighted by Crippen LogP contribution is 2.18.